The van der Waals surface area contributed by atoms with Crippen LogP contribution in [0.3, 0.4) is 0 Å². The minimum absolute atomic E-state index is 0.580. The summed E-state index contributed by atoms with van der Waals surface area (Å²) >= 11 is 0. The zero-order valence-electron chi connectivity index (χ0n) is 32.5. The molecular weight excluding hydrogens is 733 g/mol. The number of fused-ring (bicyclic) bond motifs is 5. The molecule has 0 aliphatic heterocycles. The topological polar surface area (TPSA) is 55.1 Å². The molecule has 0 unspecified atom stereocenters. The molecule has 0 amide bonds. The first-order valence-corrected chi connectivity index (χ1v) is 20.1. The molecule has 9 aromatic carbocycles. The quantitative estimate of drug-likeness (QED) is 0.154. The second-order valence-electron chi connectivity index (χ2n) is 14.8. The van der Waals surface area contributed by atoms with Crippen molar-refractivity contribution in [3.05, 3.63) is 218 Å². The molecule has 0 saturated carbocycles. The molecule has 60 heavy (non-hydrogen) atoms. The number of hydrogen-bond donors (Lipinski definition) is 0. The monoisotopic (exact) mass is 768 g/mol. The van der Waals surface area contributed by atoms with E-state index in [1.165, 1.54) is 11.1 Å². The largest absolute Gasteiger partial charge is 0.456 e. The van der Waals surface area contributed by atoms with Crippen LogP contribution in [0.15, 0.2) is 223 Å². The fourth-order valence-corrected chi connectivity index (χ4v) is 8.20. The Labute approximate surface area is 347 Å². The van der Waals surface area contributed by atoms with Crippen LogP contribution in [0.2, 0.25) is 0 Å². The SMILES string of the molecule is c1ccc(-c2ccc(N(c3ccccc3)c3ccc(-c4cc(-c5nc(-c6ccccc6)nc(-c6ccccc6)n5)c5c(c4)oc4ccc6ccccc6c45)cc3)cc2)cc1. The van der Waals surface area contributed by atoms with E-state index in [0.29, 0.717) is 17.5 Å². The van der Waals surface area contributed by atoms with Gasteiger partial charge >= 0.3 is 0 Å². The third-order valence-electron chi connectivity index (χ3n) is 11.1. The lowest BCUT2D eigenvalue weighted by Crippen LogP contribution is -2.09. The summed E-state index contributed by atoms with van der Waals surface area (Å²) in [5.41, 5.74) is 11.9. The van der Waals surface area contributed by atoms with Gasteiger partial charge in [-0.1, -0.05) is 164 Å². The van der Waals surface area contributed by atoms with E-state index in [-0.39, 0.29) is 0 Å². The smallest absolute Gasteiger partial charge is 0.164 e. The van der Waals surface area contributed by atoms with Crippen molar-refractivity contribution in [2.24, 2.45) is 0 Å². The number of nitrogens with zero attached hydrogens (tertiary/aromatic N) is 4. The van der Waals surface area contributed by atoms with Crippen molar-refractivity contribution in [3.63, 3.8) is 0 Å². The zero-order valence-corrected chi connectivity index (χ0v) is 32.5. The lowest BCUT2D eigenvalue weighted by molar-refractivity contribution is 0.669. The second kappa shape index (κ2) is 15.0. The van der Waals surface area contributed by atoms with Crippen LogP contribution in [0.25, 0.3) is 89.1 Å². The Morgan fingerprint density at radius 2 is 0.783 bits per heavy atom. The number of aromatic nitrogens is 3. The van der Waals surface area contributed by atoms with E-state index in [1.807, 2.05) is 66.7 Å². The average molecular weight is 769 g/mol. The Hall–Kier alpha value is -8.15. The van der Waals surface area contributed by atoms with Crippen LogP contribution in [-0.4, -0.2) is 15.0 Å². The van der Waals surface area contributed by atoms with Crippen molar-refractivity contribution in [2.45, 2.75) is 0 Å². The molecule has 0 aliphatic carbocycles. The molecule has 0 radical (unpaired) electrons. The highest BCUT2D eigenvalue weighted by Gasteiger charge is 2.21. The molecule has 11 aromatic rings. The summed E-state index contributed by atoms with van der Waals surface area (Å²) < 4.78 is 6.75. The summed E-state index contributed by atoms with van der Waals surface area (Å²) in [4.78, 5) is 17.7. The minimum Gasteiger partial charge on any atom is -0.456 e. The van der Waals surface area contributed by atoms with Gasteiger partial charge < -0.3 is 9.32 Å². The Bertz CT molecular complexity index is 3220. The number of furan rings is 1. The number of hydrogen-bond acceptors (Lipinski definition) is 5. The molecule has 282 valence electrons. The van der Waals surface area contributed by atoms with E-state index < -0.39 is 0 Å². The predicted octanol–water partition coefficient (Wildman–Crippen LogP) is 14.7. The maximum atomic E-state index is 6.75. The molecule has 0 saturated heterocycles. The van der Waals surface area contributed by atoms with Gasteiger partial charge in [0.05, 0.1) is 0 Å². The van der Waals surface area contributed by atoms with Gasteiger partial charge in [0.2, 0.25) is 0 Å². The van der Waals surface area contributed by atoms with Crippen LogP contribution in [0, 0.1) is 0 Å². The fourth-order valence-electron chi connectivity index (χ4n) is 8.20. The van der Waals surface area contributed by atoms with Crippen molar-refractivity contribution < 1.29 is 4.42 Å². The molecule has 0 atom stereocenters. The average Bonchev–Trinajstić information content (AvgIpc) is 3.72. The lowest BCUT2D eigenvalue weighted by Gasteiger charge is -2.26. The van der Waals surface area contributed by atoms with Crippen LogP contribution < -0.4 is 4.90 Å². The van der Waals surface area contributed by atoms with E-state index in [2.05, 4.69) is 157 Å². The molecule has 0 fully saturated rings. The highest BCUT2D eigenvalue weighted by atomic mass is 16.3. The molecule has 11 rings (SSSR count). The Morgan fingerprint density at radius 1 is 0.317 bits per heavy atom. The minimum atomic E-state index is 0.580. The van der Waals surface area contributed by atoms with Gasteiger partial charge in [0, 0.05) is 44.5 Å². The van der Waals surface area contributed by atoms with E-state index in [4.69, 9.17) is 19.4 Å². The standard InChI is InChI=1S/C55H36N4O/c1-5-15-37(16-6-1)38-25-30-45(31-26-38)59(44-22-11-4-12-23-44)46-32-27-39(28-33-46)43-35-48(52-50(36-43)60-49-34-29-40-17-13-14-24-47(40)51(49)52)55-57-53(41-18-7-2-8-19-41)56-54(58-55)42-20-9-3-10-21-42/h1-36H. The molecule has 2 heterocycles. The molecule has 2 aromatic heterocycles. The van der Waals surface area contributed by atoms with Crippen LogP contribution in [-0.2, 0) is 0 Å². The van der Waals surface area contributed by atoms with Crippen molar-refractivity contribution in [2.75, 3.05) is 4.90 Å². The molecule has 5 nitrogen and oxygen atoms in total. The maximum absolute atomic E-state index is 6.75. The first-order valence-electron chi connectivity index (χ1n) is 20.1. The molecular formula is C55H36N4O. The van der Waals surface area contributed by atoms with Gasteiger partial charge in [-0.05, 0) is 87.6 Å². The number of benzene rings is 9. The Kier molecular flexibility index (Phi) is 8.75. The van der Waals surface area contributed by atoms with Gasteiger partial charge in [0.15, 0.2) is 17.5 Å². The van der Waals surface area contributed by atoms with Crippen molar-refractivity contribution in [3.8, 4) is 56.4 Å². The summed E-state index contributed by atoms with van der Waals surface area (Å²) in [5, 5.41) is 4.27. The zero-order chi connectivity index (χ0) is 39.8. The Morgan fingerprint density at radius 3 is 1.38 bits per heavy atom. The number of rotatable bonds is 8. The fraction of sp³-hybridized carbons (Fsp3) is 0. The van der Waals surface area contributed by atoms with Gasteiger partial charge in [0.1, 0.15) is 11.2 Å². The van der Waals surface area contributed by atoms with E-state index in [1.54, 1.807) is 0 Å². The molecule has 0 aliphatic rings. The summed E-state index contributed by atoms with van der Waals surface area (Å²) in [6, 6.07) is 75.7. The van der Waals surface area contributed by atoms with Gasteiger partial charge in [-0.2, -0.15) is 0 Å². The first kappa shape index (κ1) is 35.0. The lowest BCUT2D eigenvalue weighted by atomic mass is 9.96. The van der Waals surface area contributed by atoms with Crippen LogP contribution in [0.1, 0.15) is 0 Å². The highest BCUT2D eigenvalue weighted by molar-refractivity contribution is 6.23. The highest BCUT2D eigenvalue weighted by Crippen LogP contribution is 2.43. The van der Waals surface area contributed by atoms with E-state index in [0.717, 1.165) is 77.6 Å². The molecule has 0 spiro atoms. The van der Waals surface area contributed by atoms with Crippen molar-refractivity contribution in [1.82, 2.24) is 15.0 Å². The van der Waals surface area contributed by atoms with Gasteiger partial charge in [-0.25, -0.2) is 15.0 Å². The van der Waals surface area contributed by atoms with Crippen molar-refractivity contribution >= 4 is 49.8 Å². The summed E-state index contributed by atoms with van der Waals surface area (Å²) in [7, 11) is 0. The molecule has 0 bridgehead atoms. The normalized spacial score (nSPS) is 11.3. The van der Waals surface area contributed by atoms with Gasteiger partial charge in [0.25, 0.3) is 0 Å². The predicted molar refractivity (Wildman–Crippen MR) is 246 cm³/mol. The molecule has 0 N–H and O–H groups in total. The van der Waals surface area contributed by atoms with Crippen LogP contribution >= 0.6 is 0 Å². The first-order chi connectivity index (χ1) is 29.7. The van der Waals surface area contributed by atoms with Crippen LogP contribution in [0.5, 0.6) is 0 Å². The Balaban J connectivity index is 1.08. The van der Waals surface area contributed by atoms with Crippen LogP contribution in [0.4, 0.5) is 17.1 Å². The number of para-hydroxylation sites is 1. The summed E-state index contributed by atoms with van der Waals surface area (Å²) in [6.07, 6.45) is 0. The van der Waals surface area contributed by atoms with E-state index >= 15 is 0 Å². The summed E-state index contributed by atoms with van der Waals surface area (Å²) in [6.45, 7) is 0. The maximum Gasteiger partial charge on any atom is 0.164 e. The van der Waals surface area contributed by atoms with Crippen molar-refractivity contribution in [1.29, 1.82) is 0 Å². The van der Waals surface area contributed by atoms with Gasteiger partial charge in [-0.3, -0.25) is 0 Å². The summed E-state index contributed by atoms with van der Waals surface area (Å²) in [5.74, 6) is 1.80. The number of anilines is 3. The second-order valence-corrected chi connectivity index (χ2v) is 14.8. The van der Waals surface area contributed by atoms with E-state index in [9.17, 15) is 0 Å². The molecule has 5 heteroatoms. The third kappa shape index (κ3) is 6.45. The third-order valence-corrected chi connectivity index (χ3v) is 11.1. The van der Waals surface area contributed by atoms with Gasteiger partial charge in [-0.15, -0.1) is 0 Å².